The average Bonchev–Trinajstić information content (AvgIpc) is 2.29. The normalized spacial score (nSPS) is 24.8. The van der Waals surface area contributed by atoms with Crippen LogP contribution in [0.1, 0.15) is 59.8 Å². The van der Waals surface area contributed by atoms with Crippen LogP contribution >= 0.6 is 0 Å². The van der Waals surface area contributed by atoms with Gasteiger partial charge in [-0.1, -0.05) is 34.1 Å². The lowest BCUT2D eigenvalue weighted by molar-refractivity contribution is -0.0376. The molecule has 0 spiro atoms. The summed E-state index contributed by atoms with van der Waals surface area (Å²) in [6.07, 6.45) is 7.03. The monoisotopic (exact) mass is 269 g/mol. The van der Waals surface area contributed by atoms with Gasteiger partial charge in [0.05, 0.1) is 6.10 Å². The summed E-state index contributed by atoms with van der Waals surface area (Å²) >= 11 is 0. The Hall–Kier alpha value is -0.0800. The highest BCUT2D eigenvalue weighted by Gasteiger charge is 2.29. The maximum Gasteiger partial charge on any atom is 0.0580 e. The summed E-state index contributed by atoms with van der Waals surface area (Å²) in [5, 5.41) is 0. The second-order valence-electron chi connectivity index (χ2n) is 7.09. The van der Waals surface area contributed by atoms with Gasteiger partial charge in [-0.15, -0.1) is 0 Å². The summed E-state index contributed by atoms with van der Waals surface area (Å²) in [7, 11) is 2.23. The molecule has 0 heterocycles. The van der Waals surface area contributed by atoms with Crippen LogP contribution < -0.4 is 0 Å². The van der Waals surface area contributed by atoms with Crippen LogP contribution in [0.25, 0.3) is 0 Å². The zero-order valence-corrected chi connectivity index (χ0v) is 13.8. The fourth-order valence-corrected chi connectivity index (χ4v) is 3.01. The molecule has 1 aliphatic rings. The molecule has 0 aromatic carbocycles. The Labute approximate surface area is 120 Å². The Morgan fingerprint density at radius 2 is 1.89 bits per heavy atom. The van der Waals surface area contributed by atoms with Crippen molar-refractivity contribution in [2.24, 2.45) is 17.8 Å². The predicted octanol–water partition coefficient (Wildman–Crippen LogP) is 4.20. The number of nitrogens with zero attached hydrogens (tertiary/aromatic N) is 1. The van der Waals surface area contributed by atoms with Gasteiger partial charge < -0.3 is 9.64 Å². The summed E-state index contributed by atoms with van der Waals surface area (Å²) < 4.78 is 5.94. The largest absolute Gasteiger partial charge is 0.378 e. The molecule has 2 heteroatoms. The van der Waals surface area contributed by atoms with Crippen molar-refractivity contribution in [2.45, 2.75) is 65.9 Å². The van der Waals surface area contributed by atoms with Crippen molar-refractivity contribution in [1.82, 2.24) is 4.90 Å². The molecule has 0 aliphatic heterocycles. The van der Waals surface area contributed by atoms with Crippen LogP contribution in [-0.4, -0.2) is 37.7 Å². The molecule has 0 saturated heterocycles. The third kappa shape index (κ3) is 7.31. The molecule has 1 unspecified atom stereocenters. The summed E-state index contributed by atoms with van der Waals surface area (Å²) in [5.41, 5.74) is 0. The van der Waals surface area contributed by atoms with Crippen LogP contribution in [0.3, 0.4) is 0 Å². The van der Waals surface area contributed by atoms with Crippen LogP contribution in [0, 0.1) is 17.8 Å². The van der Waals surface area contributed by atoms with Gasteiger partial charge in [0.15, 0.2) is 0 Å². The van der Waals surface area contributed by atoms with E-state index in [9.17, 15) is 0 Å². The first-order chi connectivity index (χ1) is 9.01. The highest BCUT2D eigenvalue weighted by molar-refractivity contribution is 4.80. The van der Waals surface area contributed by atoms with Gasteiger partial charge in [-0.05, 0) is 50.5 Å². The molecule has 0 bridgehead atoms. The summed E-state index contributed by atoms with van der Waals surface area (Å²) in [6.45, 7) is 12.6. The van der Waals surface area contributed by atoms with Crippen molar-refractivity contribution < 1.29 is 4.74 Å². The Morgan fingerprint density at radius 3 is 2.47 bits per heavy atom. The lowest BCUT2D eigenvalue weighted by atomic mass is 9.77. The van der Waals surface area contributed by atoms with E-state index in [1.165, 1.54) is 45.2 Å². The lowest BCUT2D eigenvalue weighted by Gasteiger charge is -2.36. The molecule has 0 amide bonds. The van der Waals surface area contributed by atoms with E-state index in [1.54, 1.807) is 0 Å². The predicted molar refractivity (Wildman–Crippen MR) is 83.5 cm³/mol. The first-order valence-electron chi connectivity index (χ1n) is 8.31. The van der Waals surface area contributed by atoms with E-state index in [4.69, 9.17) is 4.74 Å². The summed E-state index contributed by atoms with van der Waals surface area (Å²) in [5.74, 6) is 2.60. The van der Waals surface area contributed by atoms with Crippen LogP contribution in [0.4, 0.5) is 0 Å². The molecule has 19 heavy (non-hydrogen) atoms. The Balaban J connectivity index is 1.92. The topological polar surface area (TPSA) is 12.5 Å². The molecule has 1 aliphatic carbocycles. The molecule has 0 N–H and O–H groups in total. The first kappa shape index (κ1) is 17.0. The zero-order valence-electron chi connectivity index (χ0n) is 13.8. The smallest absolute Gasteiger partial charge is 0.0580 e. The van der Waals surface area contributed by atoms with Gasteiger partial charge in [-0.3, -0.25) is 0 Å². The molecule has 1 fully saturated rings. The van der Waals surface area contributed by atoms with Gasteiger partial charge in [0.2, 0.25) is 0 Å². The third-order valence-corrected chi connectivity index (χ3v) is 4.36. The maximum absolute atomic E-state index is 5.94. The van der Waals surface area contributed by atoms with Crippen LogP contribution in [-0.2, 0) is 4.74 Å². The maximum atomic E-state index is 5.94. The van der Waals surface area contributed by atoms with E-state index >= 15 is 0 Å². The second-order valence-corrected chi connectivity index (χ2v) is 7.09. The number of hydrogen-bond donors (Lipinski definition) is 0. The molecule has 0 radical (unpaired) electrons. The van der Waals surface area contributed by atoms with Crippen molar-refractivity contribution >= 4 is 0 Å². The minimum atomic E-state index is 0.573. The van der Waals surface area contributed by atoms with Crippen molar-refractivity contribution in [3.05, 3.63) is 0 Å². The van der Waals surface area contributed by atoms with Crippen molar-refractivity contribution in [2.75, 3.05) is 26.7 Å². The van der Waals surface area contributed by atoms with Crippen molar-refractivity contribution in [3.8, 4) is 0 Å². The molecule has 1 atom stereocenters. The van der Waals surface area contributed by atoms with E-state index in [1.807, 2.05) is 0 Å². The van der Waals surface area contributed by atoms with Gasteiger partial charge in [0.25, 0.3) is 0 Å². The molecule has 114 valence electrons. The van der Waals surface area contributed by atoms with E-state index in [0.29, 0.717) is 6.10 Å². The Morgan fingerprint density at radius 1 is 1.21 bits per heavy atom. The van der Waals surface area contributed by atoms with Crippen LogP contribution in [0.15, 0.2) is 0 Å². The molecular weight excluding hydrogens is 234 g/mol. The number of rotatable bonds is 10. The van der Waals surface area contributed by atoms with Crippen molar-refractivity contribution in [3.63, 3.8) is 0 Å². The summed E-state index contributed by atoms with van der Waals surface area (Å²) in [6, 6.07) is 0. The van der Waals surface area contributed by atoms with E-state index < -0.39 is 0 Å². The Kier molecular flexibility index (Phi) is 8.01. The average molecular weight is 269 g/mol. The van der Waals surface area contributed by atoms with Crippen LogP contribution in [0.2, 0.25) is 0 Å². The minimum absolute atomic E-state index is 0.573. The molecular formula is C17H35NO. The van der Waals surface area contributed by atoms with Gasteiger partial charge >= 0.3 is 0 Å². The van der Waals surface area contributed by atoms with E-state index in [2.05, 4.69) is 39.6 Å². The SMILES string of the molecule is CCC(C)CN(C)CCCOC1CC(CC(C)C)C1. The molecule has 1 saturated carbocycles. The number of hydrogen-bond acceptors (Lipinski definition) is 2. The second kappa shape index (κ2) is 8.97. The molecule has 2 nitrogen and oxygen atoms in total. The fraction of sp³-hybridized carbons (Fsp3) is 1.00. The molecule has 0 aromatic heterocycles. The first-order valence-corrected chi connectivity index (χ1v) is 8.31. The molecule has 1 rings (SSSR count). The minimum Gasteiger partial charge on any atom is -0.378 e. The molecule has 0 aromatic rings. The van der Waals surface area contributed by atoms with Gasteiger partial charge in [0.1, 0.15) is 0 Å². The fourth-order valence-electron chi connectivity index (χ4n) is 3.01. The van der Waals surface area contributed by atoms with Crippen molar-refractivity contribution in [1.29, 1.82) is 0 Å². The highest BCUT2D eigenvalue weighted by Crippen LogP contribution is 2.34. The van der Waals surface area contributed by atoms with Crippen LogP contribution in [0.5, 0.6) is 0 Å². The lowest BCUT2D eigenvalue weighted by Crippen LogP contribution is -2.33. The quantitative estimate of drug-likeness (QED) is 0.551. The van der Waals surface area contributed by atoms with Gasteiger partial charge in [0, 0.05) is 19.7 Å². The van der Waals surface area contributed by atoms with E-state index in [-0.39, 0.29) is 0 Å². The zero-order chi connectivity index (χ0) is 14.3. The number of ether oxygens (including phenoxy) is 1. The summed E-state index contributed by atoms with van der Waals surface area (Å²) in [4.78, 5) is 2.44. The standard InChI is InChI=1S/C17H35NO/c1-6-15(4)13-18(5)8-7-9-19-17-11-16(12-17)10-14(2)3/h14-17H,6-13H2,1-5H3. The third-order valence-electron chi connectivity index (χ3n) is 4.36. The highest BCUT2D eigenvalue weighted by atomic mass is 16.5. The van der Waals surface area contributed by atoms with Gasteiger partial charge in [-0.25, -0.2) is 0 Å². The van der Waals surface area contributed by atoms with Gasteiger partial charge in [-0.2, -0.15) is 0 Å². The van der Waals surface area contributed by atoms with E-state index in [0.717, 1.165) is 24.4 Å². The Bertz CT molecular complexity index is 223.